The second-order valence-corrected chi connectivity index (χ2v) is 5.65. The number of carbonyl (C=O) groups excluding carboxylic acids is 2. The van der Waals surface area contributed by atoms with E-state index >= 15 is 0 Å². The third-order valence-corrected chi connectivity index (χ3v) is 4.30. The van der Waals surface area contributed by atoms with Gasteiger partial charge in [0.2, 0.25) is 0 Å². The second kappa shape index (κ2) is 4.57. The number of carbonyl (C=O) groups is 2. The van der Waals surface area contributed by atoms with E-state index in [0.29, 0.717) is 16.8 Å². The molecule has 2 N–H and O–H groups in total. The fraction of sp³-hybridized carbons (Fsp3) is 0.176. The zero-order valence-corrected chi connectivity index (χ0v) is 12.3. The summed E-state index contributed by atoms with van der Waals surface area (Å²) in [6, 6.07) is 13.3. The fourth-order valence-electron chi connectivity index (χ4n) is 3.03. The van der Waals surface area contributed by atoms with Crippen LogP contribution in [0.1, 0.15) is 22.0 Å². The number of para-hydroxylation sites is 1. The standard InChI is InChI=1S/C17H14N2O4/c1-19-15(21)12-7-2-3-8-13(12)18-16(22)17(19)14(23-17)10-5-4-6-11(20)9-10/h2-9,14,20H,1H3,(H,18,22)/t14-,17+/m0/s1. The largest absolute Gasteiger partial charge is 0.508 e. The van der Waals surface area contributed by atoms with E-state index in [1.165, 1.54) is 17.0 Å². The number of anilines is 1. The maximum atomic E-state index is 12.7. The van der Waals surface area contributed by atoms with Crippen LogP contribution in [0.4, 0.5) is 5.69 Å². The number of fused-ring (bicyclic) bond motifs is 1. The van der Waals surface area contributed by atoms with Gasteiger partial charge in [0.1, 0.15) is 11.9 Å². The lowest BCUT2D eigenvalue weighted by atomic mass is 10.0. The maximum Gasteiger partial charge on any atom is 0.281 e. The maximum absolute atomic E-state index is 12.7. The Kier molecular flexibility index (Phi) is 2.74. The van der Waals surface area contributed by atoms with E-state index in [2.05, 4.69) is 5.32 Å². The molecule has 0 saturated carbocycles. The molecule has 0 bridgehead atoms. The van der Waals surface area contributed by atoms with Crippen LogP contribution in [0, 0.1) is 0 Å². The molecule has 1 fully saturated rings. The van der Waals surface area contributed by atoms with Crippen LogP contribution in [0.25, 0.3) is 0 Å². The minimum absolute atomic E-state index is 0.0828. The van der Waals surface area contributed by atoms with Crippen LogP contribution in [-0.4, -0.2) is 34.6 Å². The summed E-state index contributed by atoms with van der Waals surface area (Å²) in [6.45, 7) is 0. The molecule has 2 amide bonds. The van der Waals surface area contributed by atoms with Crippen molar-refractivity contribution >= 4 is 17.5 Å². The number of phenols is 1. The minimum atomic E-state index is -1.39. The molecule has 0 unspecified atom stereocenters. The van der Waals surface area contributed by atoms with Crippen LogP contribution in [0.3, 0.4) is 0 Å². The van der Waals surface area contributed by atoms with Gasteiger partial charge >= 0.3 is 0 Å². The van der Waals surface area contributed by atoms with Crippen molar-refractivity contribution in [3.05, 3.63) is 59.7 Å². The number of nitrogens with zero attached hydrogens (tertiary/aromatic N) is 1. The summed E-state index contributed by atoms with van der Waals surface area (Å²) in [5.74, 6) is -0.604. The molecule has 2 aromatic carbocycles. The van der Waals surface area contributed by atoms with Crippen molar-refractivity contribution in [3.8, 4) is 5.75 Å². The Morgan fingerprint density at radius 1 is 1.17 bits per heavy atom. The zero-order chi connectivity index (χ0) is 16.2. The number of likely N-dealkylation sites (N-methyl/N-ethyl adjacent to an activating group) is 1. The Morgan fingerprint density at radius 2 is 1.96 bits per heavy atom. The molecule has 1 saturated heterocycles. The van der Waals surface area contributed by atoms with Gasteiger partial charge < -0.3 is 20.1 Å². The van der Waals surface area contributed by atoms with E-state index in [0.717, 1.165) is 0 Å². The smallest absolute Gasteiger partial charge is 0.281 e. The molecule has 0 radical (unpaired) electrons. The first-order valence-electron chi connectivity index (χ1n) is 7.19. The molecule has 0 aliphatic carbocycles. The molecule has 2 heterocycles. The minimum Gasteiger partial charge on any atom is -0.508 e. The molecule has 2 aromatic rings. The van der Waals surface area contributed by atoms with E-state index < -0.39 is 17.7 Å². The number of epoxide rings is 1. The van der Waals surface area contributed by atoms with Gasteiger partial charge in [-0.15, -0.1) is 0 Å². The lowest BCUT2D eigenvalue weighted by molar-refractivity contribution is -0.125. The van der Waals surface area contributed by atoms with Crippen molar-refractivity contribution in [1.29, 1.82) is 0 Å². The van der Waals surface area contributed by atoms with Gasteiger partial charge in [-0.1, -0.05) is 24.3 Å². The van der Waals surface area contributed by atoms with Crippen molar-refractivity contribution in [3.63, 3.8) is 0 Å². The summed E-state index contributed by atoms with van der Waals surface area (Å²) in [5, 5.41) is 12.4. The number of hydrogen-bond donors (Lipinski definition) is 2. The number of hydrogen-bond acceptors (Lipinski definition) is 4. The number of phenolic OH excluding ortho intramolecular Hbond substituents is 1. The van der Waals surface area contributed by atoms with Crippen molar-refractivity contribution in [2.24, 2.45) is 0 Å². The third-order valence-electron chi connectivity index (χ3n) is 4.30. The zero-order valence-electron chi connectivity index (χ0n) is 12.3. The van der Waals surface area contributed by atoms with Crippen LogP contribution >= 0.6 is 0 Å². The van der Waals surface area contributed by atoms with Crippen LogP contribution < -0.4 is 5.32 Å². The molecule has 6 nitrogen and oxygen atoms in total. The molecule has 23 heavy (non-hydrogen) atoms. The lowest BCUT2D eigenvalue weighted by Gasteiger charge is -2.21. The van der Waals surface area contributed by atoms with Crippen LogP contribution in [0.15, 0.2) is 48.5 Å². The highest BCUT2D eigenvalue weighted by Gasteiger charge is 2.68. The highest BCUT2D eigenvalue weighted by atomic mass is 16.6. The van der Waals surface area contributed by atoms with Crippen molar-refractivity contribution in [1.82, 2.24) is 4.90 Å². The van der Waals surface area contributed by atoms with Crippen molar-refractivity contribution < 1.29 is 19.4 Å². The number of aromatic hydroxyl groups is 1. The highest BCUT2D eigenvalue weighted by Crippen LogP contribution is 2.53. The summed E-state index contributed by atoms with van der Waals surface area (Å²) < 4.78 is 5.67. The van der Waals surface area contributed by atoms with Gasteiger partial charge in [-0.2, -0.15) is 0 Å². The first-order chi connectivity index (χ1) is 11.0. The van der Waals surface area contributed by atoms with E-state index in [9.17, 15) is 14.7 Å². The van der Waals surface area contributed by atoms with Gasteiger partial charge in [-0.05, 0) is 29.8 Å². The molecule has 1 spiro atoms. The van der Waals surface area contributed by atoms with E-state index in [1.807, 2.05) is 0 Å². The quantitative estimate of drug-likeness (QED) is 0.788. The highest BCUT2D eigenvalue weighted by molar-refractivity contribution is 6.12. The monoisotopic (exact) mass is 310 g/mol. The molecule has 4 rings (SSSR count). The van der Waals surface area contributed by atoms with Crippen LogP contribution in [0.2, 0.25) is 0 Å². The van der Waals surface area contributed by atoms with Gasteiger partial charge in [0.05, 0.1) is 11.3 Å². The summed E-state index contributed by atoms with van der Waals surface area (Å²) in [4.78, 5) is 26.7. The molecule has 116 valence electrons. The van der Waals surface area contributed by atoms with Gasteiger partial charge in [0.25, 0.3) is 17.5 Å². The average Bonchev–Trinajstić information content (AvgIpc) is 3.31. The van der Waals surface area contributed by atoms with Gasteiger partial charge in [-0.25, -0.2) is 0 Å². The van der Waals surface area contributed by atoms with E-state index in [4.69, 9.17) is 4.74 Å². The van der Waals surface area contributed by atoms with Gasteiger partial charge in [0, 0.05) is 7.05 Å². The summed E-state index contributed by atoms with van der Waals surface area (Å²) in [5.41, 5.74) is 0.150. The molecule has 6 heteroatoms. The Labute approximate surface area is 132 Å². The van der Waals surface area contributed by atoms with Crippen molar-refractivity contribution in [2.75, 3.05) is 12.4 Å². The Bertz CT molecular complexity index is 835. The Morgan fingerprint density at radius 3 is 2.74 bits per heavy atom. The first-order valence-corrected chi connectivity index (χ1v) is 7.19. The Balaban J connectivity index is 1.77. The molecular formula is C17H14N2O4. The molecule has 0 aromatic heterocycles. The molecule has 2 aliphatic heterocycles. The van der Waals surface area contributed by atoms with Crippen molar-refractivity contribution in [2.45, 2.75) is 11.8 Å². The van der Waals surface area contributed by atoms with E-state index in [1.54, 1.807) is 43.4 Å². The lowest BCUT2D eigenvalue weighted by Crippen LogP contribution is -2.46. The summed E-state index contributed by atoms with van der Waals surface area (Å²) in [7, 11) is 1.55. The SMILES string of the molecule is CN1C(=O)c2ccccc2NC(=O)[C@@]12O[C@H]2c1cccc(O)c1. The number of benzene rings is 2. The Hall–Kier alpha value is -2.86. The fourth-order valence-corrected chi connectivity index (χ4v) is 3.03. The predicted molar refractivity (Wildman–Crippen MR) is 81.8 cm³/mol. The number of nitrogens with one attached hydrogen (secondary N) is 1. The van der Waals surface area contributed by atoms with Gasteiger partial charge in [-0.3, -0.25) is 9.59 Å². The second-order valence-electron chi connectivity index (χ2n) is 5.65. The topological polar surface area (TPSA) is 82.2 Å². The third kappa shape index (κ3) is 1.85. The van der Waals surface area contributed by atoms with Gasteiger partial charge in [0.15, 0.2) is 0 Å². The van der Waals surface area contributed by atoms with E-state index in [-0.39, 0.29) is 11.7 Å². The van der Waals surface area contributed by atoms with Crippen LogP contribution in [0.5, 0.6) is 5.75 Å². The first kappa shape index (κ1) is 13.8. The summed E-state index contributed by atoms with van der Waals surface area (Å²) in [6.07, 6.45) is -0.613. The van der Waals surface area contributed by atoms with Crippen LogP contribution in [-0.2, 0) is 9.53 Å². The molecular weight excluding hydrogens is 296 g/mol. The average molecular weight is 310 g/mol. The molecule has 2 aliphatic rings. The predicted octanol–water partition coefficient (Wildman–Crippen LogP) is 1.88. The number of rotatable bonds is 1. The normalized spacial score (nSPS) is 25.8. The number of ether oxygens (including phenoxy) is 1. The summed E-state index contributed by atoms with van der Waals surface area (Å²) >= 11 is 0. The molecule has 2 atom stereocenters. The number of amides is 2.